The van der Waals surface area contributed by atoms with E-state index in [-0.39, 0.29) is 11.8 Å². The van der Waals surface area contributed by atoms with E-state index in [4.69, 9.17) is 0 Å². The van der Waals surface area contributed by atoms with Crippen molar-refractivity contribution in [2.24, 2.45) is 11.8 Å². The van der Waals surface area contributed by atoms with Gasteiger partial charge in [0.15, 0.2) is 0 Å². The number of carbonyl (C=O) groups is 1. The molecule has 1 saturated carbocycles. The number of hydrogen-bond donors (Lipinski definition) is 1. The molecule has 146 valence electrons. The molecule has 0 radical (unpaired) electrons. The van der Waals surface area contributed by atoms with Gasteiger partial charge in [0.1, 0.15) is 0 Å². The number of nitrogens with zero attached hydrogens (tertiary/aromatic N) is 1. The number of aromatic nitrogens is 1. The van der Waals surface area contributed by atoms with Crippen LogP contribution in [0.15, 0.2) is 36.5 Å². The summed E-state index contributed by atoms with van der Waals surface area (Å²) < 4.78 is 0. The highest BCUT2D eigenvalue weighted by Crippen LogP contribution is 2.35. The first kappa shape index (κ1) is 19.9. The van der Waals surface area contributed by atoms with Crippen LogP contribution in [-0.4, -0.2) is 10.9 Å². The SMILES string of the molecule is CCCCCCCC[C@H]1CCCC[C@H]1C(=O)Nc1cccc2cccnc12. The van der Waals surface area contributed by atoms with E-state index < -0.39 is 0 Å². The summed E-state index contributed by atoms with van der Waals surface area (Å²) in [6, 6.07) is 9.98. The van der Waals surface area contributed by atoms with Crippen molar-refractivity contribution in [2.45, 2.75) is 77.6 Å². The number of carbonyl (C=O) groups excluding carboxylic acids is 1. The van der Waals surface area contributed by atoms with Gasteiger partial charge in [-0.3, -0.25) is 9.78 Å². The largest absolute Gasteiger partial charge is 0.324 e. The lowest BCUT2D eigenvalue weighted by Crippen LogP contribution is -2.32. The molecule has 0 saturated heterocycles. The summed E-state index contributed by atoms with van der Waals surface area (Å²) in [5.74, 6) is 0.907. The van der Waals surface area contributed by atoms with Crippen molar-refractivity contribution < 1.29 is 4.79 Å². The van der Waals surface area contributed by atoms with E-state index in [1.165, 1.54) is 64.2 Å². The van der Waals surface area contributed by atoms with Crippen LogP contribution in [0.25, 0.3) is 10.9 Å². The van der Waals surface area contributed by atoms with E-state index in [1.54, 1.807) is 6.20 Å². The Morgan fingerprint density at radius 1 is 1.04 bits per heavy atom. The van der Waals surface area contributed by atoms with Crippen LogP contribution in [0.1, 0.15) is 77.6 Å². The second-order valence-corrected chi connectivity index (χ2v) is 8.08. The average molecular weight is 367 g/mol. The predicted molar refractivity (Wildman–Crippen MR) is 114 cm³/mol. The number of pyridine rings is 1. The Balaban J connectivity index is 1.58. The molecule has 0 spiro atoms. The number of nitrogens with one attached hydrogen (secondary N) is 1. The number of benzene rings is 1. The van der Waals surface area contributed by atoms with Crippen molar-refractivity contribution >= 4 is 22.5 Å². The molecule has 2 aromatic rings. The molecule has 1 amide bonds. The van der Waals surface area contributed by atoms with Crippen molar-refractivity contribution in [1.82, 2.24) is 4.98 Å². The summed E-state index contributed by atoms with van der Waals surface area (Å²) in [4.78, 5) is 17.5. The molecule has 27 heavy (non-hydrogen) atoms. The fraction of sp³-hybridized carbons (Fsp3) is 0.583. The lowest BCUT2D eigenvalue weighted by molar-refractivity contribution is -0.122. The minimum Gasteiger partial charge on any atom is -0.324 e. The number of amides is 1. The van der Waals surface area contributed by atoms with Crippen LogP contribution in [0, 0.1) is 11.8 Å². The number of para-hydroxylation sites is 1. The fourth-order valence-electron chi connectivity index (χ4n) is 4.52. The molecule has 2 atom stereocenters. The molecule has 1 aromatic heterocycles. The molecule has 1 aliphatic carbocycles. The first-order valence-electron chi connectivity index (χ1n) is 10.9. The minimum atomic E-state index is 0.161. The van der Waals surface area contributed by atoms with Crippen LogP contribution in [-0.2, 0) is 4.79 Å². The van der Waals surface area contributed by atoms with E-state index in [0.29, 0.717) is 5.92 Å². The summed E-state index contributed by atoms with van der Waals surface area (Å²) in [5.41, 5.74) is 1.73. The Hall–Kier alpha value is -1.90. The van der Waals surface area contributed by atoms with Gasteiger partial charge >= 0.3 is 0 Å². The van der Waals surface area contributed by atoms with Crippen molar-refractivity contribution in [2.75, 3.05) is 5.32 Å². The third-order valence-corrected chi connectivity index (χ3v) is 6.06. The second-order valence-electron chi connectivity index (χ2n) is 8.08. The zero-order valence-corrected chi connectivity index (χ0v) is 16.8. The summed E-state index contributed by atoms with van der Waals surface area (Å²) in [7, 11) is 0. The molecular weight excluding hydrogens is 332 g/mol. The first-order chi connectivity index (χ1) is 13.3. The van der Waals surface area contributed by atoms with Crippen molar-refractivity contribution in [1.29, 1.82) is 0 Å². The normalized spacial score (nSPS) is 19.9. The van der Waals surface area contributed by atoms with Gasteiger partial charge in [-0.15, -0.1) is 0 Å². The average Bonchev–Trinajstić information content (AvgIpc) is 2.71. The maximum Gasteiger partial charge on any atom is 0.227 e. The highest BCUT2D eigenvalue weighted by atomic mass is 16.1. The van der Waals surface area contributed by atoms with Gasteiger partial charge in [0.05, 0.1) is 11.2 Å². The zero-order chi connectivity index (χ0) is 18.9. The van der Waals surface area contributed by atoms with Crippen LogP contribution in [0.2, 0.25) is 0 Å². The van der Waals surface area contributed by atoms with Gasteiger partial charge in [-0.1, -0.05) is 76.5 Å². The summed E-state index contributed by atoms with van der Waals surface area (Å²) >= 11 is 0. The Bertz CT molecular complexity index is 722. The van der Waals surface area contributed by atoms with E-state index in [1.807, 2.05) is 30.3 Å². The van der Waals surface area contributed by atoms with Gasteiger partial charge in [-0.2, -0.15) is 0 Å². The molecule has 1 aliphatic rings. The van der Waals surface area contributed by atoms with Crippen LogP contribution in [0.3, 0.4) is 0 Å². The van der Waals surface area contributed by atoms with E-state index in [9.17, 15) is 4.79 Å². The highest BCUT2D eigenvalue weighted by molar-refractivity contribution is 6.01. The Labute approximate surface area is 164 Å². The number of fused-ring (bicyclic) bond motifs is 1. The van der Waals surface area contributed by atoms with Gasteiger partial charge in [-0.05, 0) is 37.3 Å². The third kappa shape index (κ3) is 5.54. The highest BCUT2D eigenvalue weighted by Gasteiger charge is 2.30. The summed E-state index contributed by atoms with van der Waals surface area (Å²) in [6.07, 6.45) is 15.6. The zero-order valence-electron chi connectivity index (χ0n) is 16.8. The molecule has 1 heterocycles. The maximum atomic E-state index is 13.1. The number of hydrogen-bond acceptors (Lipinski definition) is 2. The fourth-order valence-corrected chi connectivity index (χ4v) is 4.52. The molecule has 1 fully saturated rings. The number of anilines is 1. The molecule has 0 bridgehead atoms. The standard InChI is InChI=1S/C24H34N2O/c1-2-3-4-5-6-7-12-19-13-8-9-16-21(19)24(27)26-22-17-10-14-20-15-11-18-25-23(20)22/h10-11,14-15,17-19,21H,2-9,12-13,16H2,1H3,(H,26,27)/t19-,21+/m0/s1. The molecule has 0 aliphatic heterocycles. The number of rotatable bonds is 9. The second kappa shape index (κ2) is 10.4. The minimum absolute atomic E-state index is 0.161. The molecule has 1 aromatic carbocycles. The Morgan fingerprint density at radius 2 is 1.81 bits per heavy atom. The summed E-state index contributed by atoms with van der Waals surface area (Å²) in [5, 5.41) is 4.27. The first-order valence-corrected chi connectivity index (χ1v) is 10.9. The van der Waals surface area contributed by atoms with Gasteiger partial charge in [0.25, 0.3) is 0 Å². The van der Waals surface area contributed by atoms with Crippen LogP contribution in [0.4, 0.5) is 5.69 Å². The van der Waals surface area contributed by atoms with E-state index >= 15 is 0 Å². The van der Waals surface area contributed by atoms with E-state index in [2.05, 4.69) is 17.2 Å². The van der Waals surface area contributed by atoms with Gasteiger partial charge in [0.2, 0.25) is 5.91 Å². The molecule has 3 rings (SSSR count). The third-order valence-electron chi connectivity index (χ3n) is 6.06. The van der Waals surface area contributed by atoms with E-state index in [0.717, 1.165) is 23.0 Å². The van der Waals surface area contributed by atoms with Crippen molar-refractivity contribution in [3.8, 4) is 0 Å². The maximum absolute atomic E-state index is 13.1. The quantitative estimate of drug-likeness (QED) is 0.500. The molecule has 1 N–H and O–H groups in total. The molecule has 0 unspecified atom stereocenters. The number of unbranched alkanes of at least 4 members (excludes halogenated alkanes) is 5. The molecule has 3 nitrogen and oxygen atoms in total. The van der Waals surface area contributed by atoms with Crippen LogP contribution in [0.5, 0.6) is 0 Å². The Morgan fingerprint density at radius 3 is 2.70 bits per heavy atom. The van der Waals surface area contributed by atoms with Crippen molar-refractivity contribution in [3.63, 3.8) is 0 Å². The molecule has 3 heteroatoms. The monoisotopic (exact) mass is 366 g/mol. The van der Waals surface area contributed by atoms with Gasteiger partial charge < -0.3 is 5.32 Å². The van der Waals surface area contributed by atoms with Gasteiger partial charge in [-0.25, -0.2) is 0 Å². The van der Waals surface area contributed by atoms with Gasteiger partial charge in [0, 0.05) is 17.5 Å². The van der Waals surface area contributed by atoms with Crippen molar-refractivity contribution in [3.05, 3.63) is 36.5 Å². The summed E-state index contributed by atoms with van der Waals surface area (Å²) in [6.45, 7) is 2.26. The van der Waals surface area contributed by atoms with Crippen LogP contribution < -0.4 is 5.32 Å². The topological polar surface area (TPSA) is 42.0 Å². The lowest BCUT2D eigenvalue weighted by atomic mass is 9.76. The van der Waals surface area contributed by atoms with Crippen LogP contribution >= 0.6 is 0 Å². The molecular formula is C24H34N2O. The smallest absolute Gasteiger partial charge is 0.227 e. The predicted octanol–water partition coefficient (Wildman–Crippen LogP) is 6.73. The Kier molecular flexibility index (Phi) is 7.67. The lowest BCUT2D eigenvalue weighted by Gasteiger charge is -2.30.